The van der Waals surface area contributed by atoms with Crippen molar-refractivity contribution in [3.63, 3.8) is 0 Å². The van der Waals surface area contributed by atoms with E-state index in [4.69, 9.17) is 17.0 Å². The van der Waals surface area contributed by atoms with Crippen molar-refractivity contribution in [2.45, 2.75) is 25.2 Å². The number of rotatable bonds is 4. The molecule has 21 heavy (non-hydrogen) atoms. The van der Waals surface area contributed by atoms with Crippen LogP contribution in [0.2, 0.25) is 5.02 Å². The van der Waals surface area contributed by atoms with Gasteiger partial charge in [0.15, 0.2) is 0 Å². The number of benzene rings is 1. The van der Waals surface area contributed by atoms with Gasteiger partial charge in [0.1, 0.15) is 0 Å². The summed E-state index contributed by atoms with van der Waals surface area (Å²) < 4.78 is 1.75. The van der Waals surface area contributed by atoms with E-state index in [2.05, 4.69) is 16.5 Å². The molecule has 1 aromatic heterocycles. The van der Waals surface area contributed by atoms with Crippen LogP contribution in [-0.2, 0) is 7.05 Å². The number of hydrogen-bond acceptors (Lipinski definition) is 3. The van der Waals surface area contributed by atoms with Gasteiger partial charge in [0.25, 0.3) is 0 Å². The van der Waals surface area contributed by atoms with Crippen molar-refractivity contribution in [2.24, 2.45) is 12.5 Å². The Balaban J connectivity index is 1.70. The van der Waals surface area contributed by atoms with Gasteiger partial charge in [-0.15, -0.1) is 0 Å². The molecule has 2 aromatic rings. The van der Waals surface area contributed by atoms with Crippen LogP contribution in [0, 0.1) is 10.8 Å². The lowest BCUT2D eigenvalue weighted by molar-refractivity contribution is 0.768. The average molecular weight is 301 g/mol. The molecular weight excluding hydrogens is 284 g/mol. The highest BCUT2D eigenvalue weighted by atomic mass is 35.5. The van der Waals surface area contributed by atoms with Crippen LogP contribution in [-0.4, -0.2) is 16.0 Å². The molecule has 0 saturated heterocycles. The fourth-order valence-corrected chi connectivity index (χ4v) is 3.55. The largest absolute Gasteiger partial charge is 0.352 e. The van der Waals surface area contributed by atoms with E-state index in [1.165, 1.54) is 31.0 Å². The molecule has 1 aromatic carbocycles. The lowest BCUT2D eigenvalue weighted by Crippen LogP contribution is -1.98. The van der Waals surface area contributed by atoms with Gasteiger partial charge in [-0.05, 0) is 48.3 Å². The average Bonchev–Trinajstić information content (AvgIpc) is 3.36. The predicted molar refractivity (Wildman–Crippen MR) is 84.9 cm³/mol. The zero-order chi connectivity index (χ0) is 14.6. The Hall–Kier alpha value is -1.81. The number of nitrogens with one attached hydrogen (secondary N) is 2. The van der Waals surface area contributed by atoms with Gasteiger partial charge in [0.05, 0.1) is 11.9 Å². The van der Waals surface area contributed by atoms with Gasteiger partial charge in [-0.2, -0.15) is 5.10 Å². The first-order valence-corrected chi connectivity index (χ1v) is 7.59. The third kappa shape index (κ3) is 2.14. The second-order valence-electron chi connectivity index (χ2n) is 6.25. The SMILES string of the molecule is Cn1cc(Nc2cc(C3CC34CC4)c(Cl)cc2C=N)cn1. The van der Waals surface area contributed by atoms with Crippen LogP contribution in [0.4, 0.5) is 11.4 Å². The first-order chi connectivity index (χ1) is 10.1. The first kappa shape index (κ1) is 12.9. The van der Waals surface area contributed by atoms with E-state index in [9.17, 15) is 0 Å². The van der Waals surface area contributed by atoms with E-state index in [0.717, 1.165) is 22.0 Å². The zero-order valence-corrected chi connectivity index (χ0v) is 12.6. The molecule has 4 nitrogen and oxygen atoms in total. The number of hydrogen-bond donors (Lipinski definition) is 2. The summed E-state index contributed by atoms with van der Waals surface area (Å²) in [5.74, 6) is 0.610. The molecule has 5 heteroatoms. The van der Waals surface area contributed by atoms with Crippen molar-refractivity contribution >= 4 is 29.2 Å². The summed E-state index contributed by atoms with van der Waals surface area (Å²) >= 11 is 6.43. The van der Waals surface area contributed by atoms with Crippen molar-refractivity contribution in [1.29, 1.82) is 5.41 Å². The molecule has 108 valence electrons. The van der Waals surface area contributed by atoms with Crippen LogP contribution in [0.3, 0.4) is 0 Å². The van der Waals surface area contributed by atoms with Gasteiger partial charge in [-0.3, -0.25) is 4.68 Å². The third-order valence-corrected chi connectivity index (χ3v) is 5.09. The van der Waals surface area contributed by atoms with Gasteiger partial charge < -0.3 is 10.7 Å². The number of anilines is 2. The molecule has 1 atom stereocenters. The molecule has 1 unspecified atom stereocenters. The fourth-order valence-electron chi connectivity index (χ4n) is 3.24. The van der Waals surface area contributed by atoms with E-state index >= 15 is 0 Å². The number of nitrogens with zero attached hydrogens (tertiary/aromatic N) is 2. The fraction of sp³-hybridized carbons (Fsp3) is 0.375. The van der Waals surface area contributed by atoms with E-state index in [0.29, 0.717) is 11.3 Å². The summed E-state index contributed by atoms with van der Waals surface area (Å²) in [7, 11) is 1.89. The molecule has 0 radical (unpaired) electrons. The topological polar surface area (TPSA) is 53.7 Å². The summed E-state index contributed by atoms with van der Waals surface area (Å²) in [6.45, 7) is 0. The highest BCUT2D eigenvalue weighted by Crippen LogP contribution is 2.75. The second-order valence-corrected chi connectivity index (χ2v) is 6.66. The highest BCUT2D eigenvalue weighted by Gasteiger charge is 2.63. The van der Waals surface area contributed by atoms with E-state index in [1.807, 2.05) is 19.3 Å². The lowest BCUT2D eigenvalue weighted by atomic mass is 10.0. The second kappa shape index (κ2) is 4.34. The Labute approximate surface area is 128 Å². The minimum atomic E-state index is 0.571. The molecular formula is C16H17ClN4. The summed E-state index contributed by atoms with van der Waals surface area (Å²) in [5.41, 5.74) is 4.46. The zero-order valence-electron chi connectivity index (χ0n) is 11.9. The number of aryl methyl sites for hydroxylation is 1. The minimum Gasteiger partial charge on any atom is -0.352 e. The number of aromatic nitrogens is 2. The maximum Gasteiger partial charge on any atom is 0.0770 e. The summed E-state index contributed by atoms with van der Waals surface area (Å²) in [4.78, 5) is 0. The molecule has 2 fully saturated rings. The van der Waals surface area contributed by atoms with Gasteiger partial charge in [0, 0.05) is 35.7 Å². The first-order valence-electron chi connectivity index (χ1n) is 7.21. The molecule has 0 aliphatic heterocycles. The highest BCUT2D eigenvalue weighted by molar-refractivity contribution is 6.32. The summed E-state index contributed by atoms with van der Waals surface area (Å²) in [6, 6.07) is 4.02. The van der Waals surface area contributed by atoms with Crippen LogP contribution in [0.25, 0.3) is 0 Å². The van der Waals surface area contributed by atoms with Crippen LogP contribution < -0.4 is 5.32 Å². The predicted octanol–water partition coefficient (Wildman–Crippen LogP) is 4.08. The molecule has 1 spiro atoms. The van der Waals surface area contributed by atoms with Crippen molar-refractivity contribution in [1.82, 2.24) is 9.78 Å². The van der Waals surface area contributed by atoms with E-state index in [-0.39, 0.29) is 0 Å². The van der Waals surface area contributed by atoms with E-state index in [1.54, 1.807) is 10.9 Å². The van der Waals surface area contributed by atoms with Crippen molar-refractivity contribution in [3.8, 4) is 0 Å². The Morgan fingerprint density at radius 3 is 2.86 bits per heavy atom. The quantitative estimate of drug-likeness (QED) is 0.836. The monoisotopic (exact) mass is 300 g/mol. The van der Waals surface area contributed by atoms with Gasteiger partial charge >= 0.3 is 0 Å². The van der Waals surface area contributed by atoms with Gasteiger partial charge in [0.2, 0.25) is 0 Å². The van der Waals surface area contributed by atoms with Gasteiger partial charge in [-0.1, -0.05) is 11.6 Å². The lowest BCUT2D eigenvalue weighted by Gasteiger charge is -2.12. The Morgan fingerprint density at radius 1 is 1.48 bits per heavy atom. The molecule has 0 amide bonds. The summed E-state index contributed by atoms with van der Waals surface area (Å²) in [6.07, 6.45) is 8.98. The molecule has 4 rings (SSSR count). The van der Waals surface area contributed by atoms with Gasteiger partial charge in [-0.25, -0.2) is 0 Å². The Kier molecular flexibility index (Phi) is 2.67. The third-order valence-electron chi connectivity index (χ3n) is 4.77. The Bertz CT molecular complexity index is 730. The molecule has 2 N–H and O–H groups in total. The molecule has 2 aliphatic rings. The van der Waals surface area contributed by atoms with Crippen molar-refractivity contribution in [2.75, 3.05) is 5.32 Å². The molecule has 2 saturated carbocycles. The van der Waals surface area contributed by atoms with Crippen LogP contribution in [0.1, 0.15) is 36.3 Å². The van der Waals surface area contributed by atoms with Crippen LogP contribution in [0.5, 0.6) is 0 Å². The normalized spacial score (nSPS) is 21.3. The van der Waals surface area contributed by atoms with E-state index < -0.39 is 0 Å². The van der Waals surface area contributed by atoms with Crippen molar-refractivity contribution < 1.29 is 0 Å². The minimum absolute atomic E-state index is 0.571. The summed E-state index contributed by atoms with van der Waals surface area (Å²) in [5, 5.41) is 15.9. The molecule has 1 heterocycles. The standard InChI is InChI=1S/C16H17ClN4/c1-21-9-11(8-19-21)20-15-5-12(13-6-16(13)2-3-16)14(17)4-10(15)7-18/h4-5,7-9,13,18,20H,2-3,6H2,1H3. The van der Waals surface area contributed by atoms with Crippen molar-refractivity contribution in [3.05, 3.63) is 40.7 Å². The smallest absolute Gasteiger partial charge is 0.0770 e. The Morgan fingerprint density at radius 2 is 2.29 bits per heavy atom. The number of halogens is 1. The maximum atomic E-state index is 7.59. The maximum absolute atomic E-state index is 7.59. The molecule has 2 aliphatic carbocycles. The van der Waals surface area contributed by atoms with Crippen LogP contribution >= 0.6 is 11.6 Å². The molecule has 0 bridgehead atoms. The van der Waals surface area contributed by atoms with Crippen LogP contribution in [0.15, 0.2) is 24.5 Å².